The van der Waals surface area contributed by atoms with Gasteiger partial charge in [-0.05, 0) is 36.8 Å². The molecule has 1 heterocycles. The lowest BCUT2D eigenvalue weighted by Crippen LogP contribution is -2.14. The van der Waals surface area contributed by atoms with Crippen molar-refractivity contribution in [1.82, 2.24) is 10.2 Å². The van der Waals surface area contributed by atoms with E-state index in [0.717, 1.165) is 11.1 Å². The Hall–Kier alpha value is -2.71. The average molecular weight is 281 g/mol. The second-order valence-corrected chi connectivity index (χ2v) is 4.37. The minimum Gasteiger partial charge on any atom is -0.395 e. The van der Waals surface area contributed by atoms with Crippen LogP contribution in [0.25, 0.3) is 0 Å². The van der Waals surface area contributed by atoms with Crippen LogP contribution in [-0.4, -0.2) is 27.8 Å². The fourth-order valence-corrected chi connectivity index (χ4v) is 1.72. The van der Waals surface area contributed by atoms with Crippen molar-refractivity contribution in [3.63, 3.8) is 0 Å². The molecule has 0 spiro atoms. The number of nitrogens with one attached hydrogen (secondary N) is 1. The summed E-state index contributed by atoms with van der Waals surface area (Å²) in [5.41, 5.74) is 2.12. The second-order valence-electron chi connectivity index (χ2n) is 4.37. The highest BCUT2D eigenvalue weighted by atomic mass is 16.2. The van der Waals surface area contributed by atoms with Gasteiger partial charge in [0.15, 0.2) is 5.82 Å². The average Bonchev–Trinajstić information content (AvgIpc) is 2.50. The molecule has 0 saturated carbocycles. The van der Waals surface area contributed by atoms with E-state index in [1.165, 1.54) is 6.20 Å². The number of aliphatic hydroxyl groups is 1. The smallest absolute Gasteiger partial charge is 0.257 e. The molecule has 0 aliphatic rings. The molecule has 0 aliphatic carbocycles. The van der Waals surface area contributed by atoms with E-state index in [1.54, 1.807) is 18.2 Å². The first-order valence-corrected chi connectivity index (χ1v) is 6.50. The number of carbonyl (C=O) groups excluding carboxylic acids is 1. The third-order valence-corrected chi connectivity index (χ3v) is 2.77. The number of aromatic nitrogens is 2. The number of aliphatic hydroxyl groups excluding tert-OH is 1. The predicted molar refractivity (Wildman–Crippen MR) is 79.7 cm³/mol. The van der Waals surface area contributed by atoms with Gasteiger partial charge < -0.3 is 10.4 Å². The highest BCUT2D eigenvalue weighted by Crippen LogP contribution is 2.13. The Bertz CT molecular complexity index is 688. The molecule has 0 bridgehead atoms. The lowest BCUT2D eigenvalue weighted by Gasteiger charge is -2.07. The Labute approximate surface area is 123 Å². The van der Waals surface area contributed by atoms with Crippen molar-refractivity contribution >= 4 is 11.7 Å². The van der Waals surface area contributed by atoms with E-state index in [4.69, 9.17) is 5.11 Å². The fourth-order valence-electron chi connectivity index (χ4n) is 1.72. The maximum atomic E-state index is 12.3. The van der Waals surface area contributed by atoms with E-state index in [2.05, 4.69) is 27.4 Å². The summed E-state index contributed by atoms with van der Waals surface area (Å²) in [6.45, 7) is 1.88. The monoisotopic (exact) mass is 281 g/mol. The fraction of sp³-hybridized carbons (Fsp3) is 0.188. The number of nitrogens with zero attached hydrogens (tertiary/aromatic N) is 2. The first kappa shape index (κ1) is 14.7. The molecule has 106 valence electrons. The predicted octanol–water partition coefficient (Wildman–Crippen LogP) is 1.77. The normalized spacial score (nSPS) is 9.62. The zero-order valence-corrected chi connectivity index (χ0v) is 11.6. The van der Waals surface area contributed by atoms with Gasteiger partial charge in [0.25, 0.3) is 5.91 Å². The van der Waals surface area contributed by atoms with Gasteiger partial charge in [-0.2, -0.15) is 5.10 Å². The highest BCUT2D eigenvalue weighted by Gasteiger charge is 2.10. The molecule has 0 atom stereocenters. The van der Waals surface area contributed by atoms with Crippen LogP contribution < -0.4 is 5.32 Å². The van der Waals surface area contributed by atoms with Gasteiger partial charge in [-0.3, -0.25) is 4.79 Å². The third kappa shape index (κ3) is 4.13. The van der Waals surface area contributed by atoms with Gasteiger partial charge in [-0.15, -0.1) is 5.10 Å². The van der Waals surface area contributed by atoms with Crippen LogP contribution in [0.5, 0.6) is 0 Å². The van der Waals surface area contributed by atoms with Crippen LogP contribution in [0.4, 0.5) is 5.82 Å². The molecule has 1 aromatic heterocycles. The van der Waals surface area contributed by atoms with Crippen LogP contribution in [0.1, 0.15) is 27.9 Å². The largest absolute Gasteiger partial charge is 0.395 e. The van der Waals surface area contributed by atoms with Crippen LogP contribution in [-0.2, 0) is 0 Å². The topological polar surface area (TPSA) is 75.1 Å². The zero-order valence-electron chi connectivity index (χ0n) is 11.6. The zero-order chi connectivity index (χ0) is 15.1. The van der Waals surface area contributed by atoms with Gasteiger partial charge >= 0.3 is 0 Å². The van der Waals surface area contributed by atoms with Crippen molar-refractivity contribution in [2.45, 2.75) is 13.3 Å². The van der Waals surface area contributed by atoms with Gasteiger partial charge in [0.1, 0.15) is 0 Å². The van der Waals surface area contributed by atoms with Crippen LogP contribution >= 0.6 is 0 Å². The van der Waals surface area contributed by atoms with Gasteiger partial charge in [-0.1, -0.05) is 17.9 Å². The number of benzene rings is 1. The summed E-state index contributed by atoms with van der Waals surface area (Å²) in [4.78, 5) is 12.3. The molecular weight excluding hydrogens is 266 g/mol. The molecule has 2 N–H and O–H groups in total. The molecule has 0 fully saturated rings. The lowest BCUT2D eigenvalue weighted by atomic mass is 10.0. The lowest BCUT2D eigenvalue weighted by molar-refractivity contribution is 0.102. The highest BCUT2D eigenvalue weighted by molar-refractivity contribution is 6.04. The third-order valence-electron chi connectivity index (χ3n) is 2.77. The van der Waals surface area contributed by atoms with Gasteiger partial charge in [0.2, 0.25) is 0 Å². The maximum Gasteiger partial charge on any atom is 0.257 e. The van der Waals surface area contributed by atoms with E-state index in [0.29, 0.717) is 17.8 Å². The molecule has 5 heteroatoms. The Kier molecular flexibility index (Phi) is 5.02. The molecular formula is C16H15N3O2. The number of hydrogen-bond acceptors (Lipinski definition) is 4. The first-order chi connectivity index (χ1) is 10.2. The number of carbonyl (C=O) groups is 1. The number of hydrogen-bond donors (Lipinski definition) is 2. The Morgan fingerprint density at radius 2 is 2.24 bits per heavy atom. The summed E-state index contributed by atoms with van der Waals surface area (Å²) >= 11 is 0. The van der Waals surface area contributed by atoms with Crippen molar-refractivity contribution in [2.75, 3.05) is 11.9 Å². The van der Waals surface area contributed by atoms with Gasteiger partial charge in [0.05, 0.1) is 6.61 Å². The number of rotatable bonds is 3. The minimum atomic E-state index is -0.251. The summed E-state index contributed by atoms with van der Waals surface area (Å²) in [7, 11) is 0. The molecule has 0 saturated heterocycles. The number of amides is 1. The quantitative estimate of drug-likeness (QED) is 0.841. The van der Waals surface area contributed by atoms with Crippen LogP contribution in [0.3, 0.4) is 0 Å². The Balaban J connectivity index is 2.20. The van der Waals surface area contributed by atoms with Crippen LogP contribution in [0, 0.1) is 18.8 Å². The van der Waals surface area contributed by atoms with Crippen LogP contribution in [0.15, 0.2) is 36.5 Å². The maximum absolute atomic E-state index is 12.3. The summed E-state index contributed by atoms with van der Waals surface area (Å²) in [6, 6.07) is 8.79. The summed E-state index contributed by atoms with van der Waals surface area (Å²) in [5, 5.41) is 18.9. The van der Waals surface area contributed by atoms with Crippen molar-refractivity contribution in [3.8, 4) is 11.8 Å². The summed E-state index contributed by atoms with van der Waals surface area (Å²) < 4.78 is 0. The minimum absolute atomic E-state index is 0.0267. The summed E-state index contributed by atoms with van der Waals surface area (Å²) in [5.74, 6) is 5.90. The van der Waals surface area contributed by atoms with E-state index >= 15 is 0 Å². The molecule has 1 amide bonds. The molecule has 2 aromatic rings. The van der Waals surface area contributed by atoms with Gasteiger partial charge in [0, 0.05) is 23.7 Å². The number of aryl methyl sites for hydroxylation is 1. The first-order valence-electron chi connectivity index (χ1n) is 6.50. The number of anilines is 1. The SMILES string of the molecule is Cc1ccc(C#CCCO)cc1C(=O)Nc1cccnn1. The molecule has 5 nitrogen and oxygen atoms in total. The molecule has 0 unspecified atom stereocenters. The second kappa shape index (κ2) is 7.17. The van der Waals surface area contributed by atoms with Crippen molar-refractivity contribution in [2.24, 2.45) is 0 Å². The van der Waals surface area contributed by atoms with E-state index in [9.17, 15) is 4.79 Å². The summed E-state index contributed by atoms with van der Waals surface area (Å²) in [6.07, 6.45) is 1.95. The van der Waals surface area contributed by atoms with Gasteiger partial charge in [-0.25, -0.2) is 0 Å². The molecule has 21 heavy (non-hydrogen) atoms. The van der Waals surface area contributed by atoms with Crippen molar-refractivity contribution in [1.29, 1.82) is 0 Å². The molecule has 0 radical (unpaired) electrons. The molecule has 2 rings (SSSR count). The van der Waals surface area contributed by atoms with Crippen LogP contribution in [0.2, 0.25) is 0 Å². The molecule has 1 aromatic carbocycles. The Morgan fingerprint density at radius 1 is 1.38 bits per heavy atom. The van der Waals surface area contributed by atoms with E-state index in [-0.39, 0.29) is 12.5 Å². The standard InChI is InChI=1S/C16H15N3O2/c1-12-7-8-13(5-2-3-10-20)11-14(12)16(21)18-15-6-4-9-17-19-15/h4,6-9,11,20H,3,10H2,1H3,(H,18,19,21). The Morgan fingerprint density at radius 3 is 2.95 bits per heavy atom. The van der Waals surface area contributed by atoms with Crippen molar-refractivity contribution in [3.05, 3.63) is 53.2 Å². The van der Waals surface area contributed by atoms with Crippen molar-refractivity contribution < 1.29 is 9.90 Å². The van der Waals surface area contributed by atoms with E-state index in [1.807, 2.05) is 19.1 Å². The van der Waals surface area contributed by atoms with E-state index < -0.39 is 0 Å². The molecule has 0 aliphatic heterocycles.